The monoisotopic (exact) mass is 446 g/mol. The maximum atomic E-state index is 12.7. The molecule has 0 bridgehead atoms. The van der Waals surface area contributed by atoms with Gasteiger partial charge in [-0.3, -0.25) is 14.5 Å². The zero-order valence-electron chi connectivity index (χ0n) is 18.2. The first-order chi connectivity index (χ1) is 14.8. The van der Waals surface area contributed by atoms with Crippen LogP contribution in [0.2, 0.25) is 5.02 Å². The van der Waals surface area contributed by atoms with Gasteiger partial charge in [0.1, 0.15) is 11.3 Å². The zero-order valence-corrected chi connectivity index (χ0v) is 19.0. The Kier molecular flexibility index (Phi) is 5.75. The molecule has 1 fully saturated rings. The van der Waals surface area contributed by atoms with Gasteiger partial charge < -0.3 is 14.2 Å². The molecule has 0 radical (unpaired) electrons. The standard InChI is InChI=1S/C23H27ClN2O5/c1-23(2)7-6-18-15-11-21(31-9-5-8-29-3)17(24)10-14(15)19-12-20(27)16(22(28)30-4)13-25(19)26(18)23/h10-13,18H,5-9H2,1-4H3. The summed E-state index contributed by atoms with van der Waals surface area (Å²) in [5.74, 6) is -0.0133. The minimum atomic E-state index is -0.641. The van der Waals surface area contributed by atoms with Gasteiger partial charge in [0.05, 0.1) is 36.0 Å². The van der Waals surface area contributed by atoms with E-state index in [1.807, 2.05) is 16.8 Å². The number of carbonyl (C=O) groups excluding carboxylic acids is 1. The fraction of sp³-hybridized carbons (Fsp3) is 0.478. The number of hydrogen-bond acceptors (Lipinski definition) is 6. The van der Waals surface area contributed by atoms with Gasteiger partial charge in [-0.1, -0.05) is 11.6 Å². The van der Waals surface area contributed by atoms with Gasteiger partial charge in [-0.05, 0) is 44.4 Å². The summed E-state index contributed by atoms with van der Waals surface area (Å²) >= 11 is 6.55. The number of nitrogens with zero attached hydrogens (tertiary/aromatic N) is 2. The number of rotatable bonds is 6. The van der Waals surface area contributed by atoms with Gasteiger partial charge in [-0.25, -0.2) is 4.79 Å². The molecule has 2 aliphatic heterocycles. The Morgan fingerprint density at radius 3 is 2.71 bits per heavy atom. The summed E-state index contributed by atoms with van der Waals surface area (Å²) in [7, 11) is 2.94. The van der Waals surface area contributed by atoms with Crippen LogP contribution in [0.4, 0.5) is 0 Å². The van der Waals surface area contributed by atoms with Crippen molar-refractivity contribution in [2.45, 2.75) is 44.7 Å². The second-order valence-corrected chi connectivity index (χ2v) is 8.96. The summed E-state index contributed by atoms with van der Waals surface area (Å²) in [6.45, 7) is 5.45. The second-order valence-electron chi connectivity index (χ2n) is 8.55. The molecule has 2 aliphatic rings. The number of fused-ring (bicyclic) bond motifs is 6. The molecule has 31 heavy (non-hydrogen) atoms. The predicted octanol–water partition coefficient (Wildman–Crippen LogP) is 3.94. The normalized spacial score (nSPS) is 18.2. The molecule has 2 aromatic rings. The number of esters is 1. The summed E-state index contributed by atoms with van der Waals surface area (Å²) in [4.78, 5) is 24.9. The summed E-state index contributed by atoms with van der Waals surface area (Å²) in [6, 6.07) is 5.41. The minimum Gasteiger partial charge on any atom is -0.492 e. The van der Waals surface area contributed by atoms with E-state index >= 15 is 0 Å². The van der Waals surface area contributed by atoms with Crippen LogP contribution < -0.4 is 15.2 Å². The van der Waals surface area contributed by atoms with Crippen molar-refractivity contribution in [1.29, 1.82) is 0 Å². The van der Waals surface area contributed by atoms with Crippen LogP contribution in [0, 0.1) is 0 Å². The summed E-state index contributed by atoms with van der Waals surface area (Å²) in [6.07, 6.45) is 4.25. The zero-order chi connectivity index (χ0) is 22.3. The van der Waals surface area contributed by atoms with Gasteiger partial charge in [0.25, 0.3) is 0 Å². The first-order valence-electron chi connectivity index (χ1n) is 10.4. The highest BCUT2D eigenvalue weighted by Gasteiger charge is 2.45. The molecule has 0 aliphatic carbocycles. The second kappa shape index (κ2) is 8.20. The van der Waals surface area contributed by atoms with Crippen molar-refractivity contribution in [2.24, 2.45) is 0 Å². The molecule has 1 atom stereocenters. The maximum Gasteiger partial charge on any atom is 0.343 e. The summed E-state index contributed by atoms with van der Waals surface area (Å²) in [5.41, 5.74) is 2.12. The first-order valence-corrected chi connectivity index (χ1v) is 10.8. The van der Waals surface area contributed by atoms with E-state index in [1.54, 1.807) is 13.3 Å². The van der Waals surface area contributed by atoms with Crippen molar-refractivity contribution >= 4 is 17.6 Å². The third-order valence-electron chi connectivity index (χ3n) is 6.10. The van der Waals surface area contributed by atoms with E-state index in [0.717, 1.165) is 30.4 Å². The van der Waals surface area contributed by atoms with Crippen LogP contribution >= 0.6 is 11.6 Å². The van der Waals surface area contributed by atoms with Gasteiger partial charge in [-0.2, -0.15) is 0 Å². The van der Waals surface area contributed by atoms with E-state index < -0.39 is 5.97 Å². The average Bonchev–Trinajstić information content (AvgIpc) is 3.06. The molecule has 0 spiro atoms. The highest BCUT2D eigenvalue weighted by molar-refractivity contribution is 6.32. The van der Waals surface area contributed by atoms with Crippen LogP contribution in [0.15, 0.2) is 29.2 Å². The number of carbonyl (C=O) groups is 1. The van der Waals surface area contributed by atoms with Crippen molar-refractivity contribution in [3.8, 4) is 17.0 Å². The van der Waals surface area contributed by atoms with Crippen molar-refractivity contribution in [1.82, 2.24) is 4.68 Å². The maximum absolute atomic E-state index is 12.7. The van der Waals surface area contributed by atoms with E-state index in [1.165, 1.54) is 13.2 Å². The van der Waals surface area contributed by atoms with Crippen molar-refractivity contribution in [3.05, 3.63) is 50.8 Å². The largest absolute Gasteiger partial charge is 0.492 e. The SMILES string of the molecule is COCCCOc1cc2c(cc1Cl)-c1cc(=O)c(C(=O)OC)cn1N1C2CCC1(C)C. The Morgan fingerprint density at radius 2 is 2.00 bits per heavy atom. The van der Waals surface area contributed by atoms with E-state index in [-0.39, 0.29) is 22.6 Å². The molecule has 4 rings (SSSR count). The van der Waals surface area contributed by atoms with E-state index in [2.05, 4.69) is 18.9 Å². The Balaban J connectivity index is 1.86. The molecule has 166 valence electrons. The molecule has 1 unspecified atom stereocenters. The van der Waals surface area contributed by atoms with Gasteiger partial charge >= 0.3 is 5.97 Å². The van der Waals surface area contributed by atoms with Gasteiger partial charge in [0.15, 0.2) is 5.43 Å². The smallest absolute Gasteiger partial charge is 0.343 e. The molecule has 1 aromatic carbocycles. The fourth-order valence-electron chi connectivity index (χ4n) is 4.61. The third-order valence-corrected chi connectivity index (χ3v) is 6.40. The Hall–Kier alpha value is -2.51. The predicted molar refractivity (Wildman–Crippen MR) is 119 cm³/mol. The lowest BCUT2D eigenvalue weighted by atomic mass is 9.94. The molecule has 8 heteroatoms. The van der Waals surface area contributed by atoms with Crippen LogP contribution in [-0.2, 0) is 9.47 Å². The number of pyridine rings is 1. The third kappa shape index (κ3) is 3.70. The lowest BCUT2D eigenvalue weighted by Gasteiger charge is -2.44. The highest BCUT2D eigenvalue weighted by Crippen LogP contribution is 2.49. The summed E-state index contributed by atoms with van der Waals surface area (Å²) in [5, 5.41) is 2.72. The molecule has 3 heterocycles. The van der Waals surface area contributed by atoms with Gasteiger partial charge in [0, 0.05) is 38.0 Å². The number of hydrogen-bond donors (Lipinski definition) is 0. The molecule has 1 saturated heterocycles. The van der Waals surface area contributed by atoms with Gasteiger partial charge in [0.2, 0.25) is 0 Å². The van der Waals surface area contributed by atoms with Crippen LogP contribution in [0.5, 0.6) is 5.75 Å². The van der Waals surface area contributed by atoms with Crippen LogP contribution in [0.25, 0.3) is 11.3 Å². The first kappa shape index (κ1) is 21.7. The van der Waals surface area contributed by atoms with Crippen LogP contribution in [0.3, 0.4) is 0 Å². The van der Waals surface area contributed by atoms with E-state index in [0.29, 0.717) is 29.7 Å². The lowest BCUT2D eigenvalue weighted by molar-refractivity contribution is 0.0598. The number of methoxy groups -OCH3 is 2. The molecule has 0 saturated carbocycles. The Labute approximate surface area is 186 Å². The number of aromatic nitrogens is 1. The Bertz CT molecular complexity index is 1080. The van der Waals surface area contributed by atoms with Crippen LogP contribution in [-0.4, -0.2) is 43.6 Å². The molecule has 7 nitrogen and oxygen atoms in total. The Morgan fingerprint density at radius 1 is 1.23 bits per heavy atom. The fourth-order valence-corrected chi connectivity index (χ4v) is 4.82. The van der Waals surface area contributed by atoms with Crippen molar-refractivity contribution < 1.29 is 19.0 Å². The molecule has 0 N–H and O–H groups in total. The number of halogens is 1. The molecular weight excluding hydrogens is 420 g/mol. The number of ether oxygens (including phenoxy) is 3. The lowest BCUT2D eigenvalue weighted by Crippen LogP contribution is -2.50. The van der Waals surface area contributed by atoms with Crippen LogP contribution in [0.1, 0.15) is 55.1 Å². The van der Waals surface area contributed by atoms with E-state index in [4.69, 9.17) is 25.8 Å². The quantitative estimate of drug-likeness (QED) is 0.494. The summed E-state index contributed by atoms with van der Waals surface area (Å²) < 4.78 is 17.7. The minimum absolute atomic E-state index is 0.0142. The molecule has 0 amide bonds. The van der Waals surface area contributed by atoms with Crippen molar-refractivity contribution in [2.75, 3.05) is 32.4 Å². The van der Waals surface area contributed by atoms with Crippen molar-refractivity contribution in [3.63, 3.8) is 0 Å². The topological polar surface area (TPSA) is 70.0 Å². The highest BCUT2D eigenvalue weighted by atomic mass is 35.5. The molecule has 1 aromatic heterocycles. The molecular formula is C23H27ClN2O5. The average molecular weight is 447 g/mol. The van der Waals surface area contributed by atoms with Gasteiger partial charge in [-0.15, -0.1) is 0 Å². The van der Waals surface area contributed by atoms with E-state index in [9.17, 15) is 9.59 Å². The number of benzene rings is 1.